The van der Waals surface area contributed by atoms with Crippen molar-refractivity contribution in [3.05, 3.63) is 82.9 Å². The largest absolute Gasteiger partial charge is 0.497 e. The van der Waals surface area contributed by atoms with Gasteiger partial charge in [0.25, 0.3) is 5.69 Å². The minimum absolute atomic E-state index is 0.0908. The van der Waals surface area contributed by atoms with Gasteiger partial charge in [0.1, 0.15) is 17.0 Å². The van der Waals surface area contributed by atoms with Crippen LogP contribution in [0, 0.1) is 10.1 Å². The molecule has 0 fully saturated rings. The zero-order valence-electron chi connectivity index (χ0n) is 16.0. The van der Waals surface area contributed by atoms with E-state index in [0.29, 0.717) is 22.3 Å². The van der Waals surface area contributed by atoms with Crippen molar-refractivity contribution in [3.63, 3.8) is 0 Å². The Labute approximate surface area is 167 Å². The van der Waals surface area contributed by atoms with Crippen molar-refractivity contribution in [1.29, 1.82) is 0 Å². The van der Waals surface area contributed by atoms with Crippen LogP contribution < -0.4 is 9.47 Å². The quantitative estimate of drug-likeness (QED) is 0.335. The van der Waals surface area contributed by atoms with Gasteiger partial charge in [-0.05, 0) is 47.5 Å². The van der Waals surface area contributed by atoms with Gasteiger partial charge in [0.05, 0.1) is 30.9 Å². The van der Waals surface area contributed by atoms with E-state index < -0.39 is 4.92 Å². The number of rotatable bonds is 5. The monoisotopic (exact) mass is 386 g/mol. The molecule has 0 saturated carbocycles. The molecule has 4 rings (SSSR count). The summed E-state index contributed by atoms with van der Waals surface area (Å²) >= 11 is 0. The topological polar surface area (TPSA) is 74.5 Å². The zero-order valence-corrected chi connectivity index (χ0v) is 16.0. The summed E-state index contributed by atoms with van der Waals surface area (Å²) in [5, 5.41) is 12.4. The molecular formula is C23H18N2O4. The average molecular weight is 386 g/mol. The van der Waals surface area contributed by atoms with Crippen LogP contribution in [0.15, 0.2) is 72.8 Å². The van der Waals surface area contributed by atoms with Crippen LogP contribution in [0.5, 0.6) is 11.5 Å². The van der Waals surface area contributed by atoms with Crippen molar-refractivity contribution in [2.24, 2.45) is 0 Å². The predicted octanol–water partition coefficient (Wildman–Crippen LogP) is 5.49. The molecule has 0 amide bonds. The van der Waals surface area contributed by atoms with Crippen LogP contribution >= 0.6 is 0 Å². The summed E-state index contributed by atoms with van der Waals surface area (Å²) in [5.74, 6) is 1.15. The molecule has 0 aliphatic rings. The highest BCUT2D eigenvalue weighted by molar-refractivity contribution is 6.01. The molecule has 0 aliphatic heterocycles. The van der Waals surface area contributed by atoms with Crippen LogP contribution in [0.3, 0.4) is 0 Å². The number of benzene rings is 3. The van der Waals surface area contributed by atoms with Crippen LogP contribution in [0.1, 0.15) is 0 Å². The minimum Gasteiger partial charge on any atom is -0.497 e. The van der Waals surface area contributed by atoms with Gasteiger partial charge in [-0.1, -0.05) is 30.3 Å². The summed E-state index contributed by atoms with van der Waals surface area (Å²) in [5.41, 5.74) is 3.51. The Morgan fingerprint density at radius 1 is 0.828 bits per heavy atom. The van der Waals surface area contributed by atoms with E-state index in [1.807, 2.05) is 60.7 Å². The molecule has 0 atom stereocenters. The van der Waals surface area contributed by atoms with Gasteiger partial charge in [-0.15, -0.1) is 0 Å². The first-order chi connectivity index (χ1) is 14.1. The molecule has 0 N–H and O–H groups in total. The van der Waals surface area contributed by atoms with Crippen LogP contribution in [0.4, 0.5) is 5.69 Å². The van der Waals surface area contributed by atoms with Gasteiger partial charge < -0.3 is 9.47 Å². The molecule has 0 bridgehead atoms. The van der Waals surface area contributed by atoms with E-state index in [1.54, 1.807) is 13.2 Å². The lowest BCUT2D eigenvalue weighted by atomic mass is 9.97. The number of hydrogen-bond donors (Lipinski definition) is 0. The first-order valence-corrected chi connectivity index (χ1v) is 8.97. The van der Waals surface area contributed by atoms with Crippen molar-refractivity contribution in [2.75, 3.05) is 14.2 Å². The highest BCUT2D eigenvalue weighted by Gasteiger charge is 2.20. The third-order valence-electron chi connectivity index (χ3n) is 4.77. The predicted molar refractivity (Wildman–Crippen MR) is 112 cm³/mol. The second-order valence-corrected chi connectivity index (χ2v) is 6.45. The maximum Gasteiger partial charge on any atom is 0.299 e. The van der Waals surface area contributed by atoms with Gasteiger partial charge in [-0.2, -0.15) is 0 Å². The van der Waals surface area contributed by atoms with Crippen LogP contribution in [-0.2, 0) is 0 Å². The molecule has 0 radical (unpaired) electrons. The minimum atomic E-state index is -0.426. The first kappa shape index (κ1) is 18.4. The molecule has 0 saturated heterocycles. The van der Waals surface area contributed by atoms with E-state index in [-0.39, 0.29) is 5.69 Å². The van der Waals surface area contributed by atoms with E-state index in [2.05, 4.69) is 4.98 Å². The Morgan fingerprint density at radius 3 is 2.14 bits per heavy atom. The molecule has 144 valence electrons. The smallest absolute Gasteiger partial charge is 0.299 e. The Bertz CT molecular complexity index is 1190. The van der Waals surface area contributed by atoms with Gasteiger partial charge >= 0.3 is 0 Å². The maximum absolute atomic E-state index is 11.8. The van der Waals surface area contributed by atoms with Crippen molar-refractivity contribution >= 4 is 16.6 Å². The van der Waals surface area contributed by atoms with Gasteiger partial charge in [0.15, 0.2) is 0 Å². The lowest BCUT2D eigenvalue weighted by Crippen LogP contribution is -1.97. The second-order valence-electron chi connectivity index (χ2n) is 6.45. The molecule has 6 nitrogen and oxygen atoms in total. The summed E-state index contributed by atoms with van der Waals surface area (Å²) in [4.78, 5) is 16.0. The van der Waals surface area contributed by atoms with Gasteiger partial charge in [-0.3, -0.25) is 10.1 Å². The van der Waals surface area contributed by atoms with Gasteiger partial charge in [-0.25, -0.2) is 4.98 Å². The van der Waals surface area contributed by atoms with Crippen molar-refractivity contribution in [2.45, 2.75) is 0 Å². The van der Waals surface area contributed by atoms with Crippen LogP contribution in [0.25, 0.3) is 33.3 Å². The fourth-order valence-electron chi connectivity index (χ4n) is 3.31. The SMILES string of the molecule is COc1ccc(-c2cc(-c3ccccc3)c3cc(OC)cc([N+](=O)[O-])c3n2)cc1. The van der Waals surface area contributed by atoms with Crippen LogP contribution in [-0.4, -0.2) is 24.1 Å². The first-order valence-electron chi connectivity index (χ1n) is 8.97. The lowest BCUT2D eigenvalue weighted by Gasteiger charge is -2.12. The third-order valence-corrected chi connectivity index (χ3v) is 4.77. The number of nitro groups is 1. The third kappa shape index (κ3) is 3.48. The normalized spacial score (nSPS) is 10.7. The molecule has 1 heterocycles. The molecule has 1 aromatic heterocycles. The molecular weight excluding hydrogens is 368 g/mol. The number of nitro benzene ring substituents is 1. The summed E-state index contributed by atoms with van der Waals surface area (Å²) in [7, 11) is 3.10. The van der Waals surface area contributed by atoms with E-state index in [1.165, 1.54) is 13.2 Å². The molecule has 0 aliphatic carbocycles. The number of pyridine rings is 1. The summed E-state index contributed by atoms with van der Waals surface area (Å²) in [6.45, 7) is 0. The van der Waals surface area contributed by atoms with Crippen LogP contribution in [0.2, 0.25) is 0 Å². The van der Waals surface area contributed by atoms with E-state index >= 15 is 0 Å². The molecule has 29 heavy (non-hydrogen) atoms. The Balaban J connectivity index is 2.06. The molecule has 0 unspecified atom stereocenters. The maximum atomic E-state index is 11.8. The summed E-state index contributed by atoms with van der Waals surface area (Å²) in [6.07, 6.45) is 0. The molecule has 6 heteroatoms. The Morgan fingerprint density at radius 2 is 1.52 bits per heavy atom. The van der Waals surface area contributed by atoms with Gasteiger partial charge in [0.2, 0.25) is 0 Å². The van der Waals surface area contributed by atoms with Crippen molar-refractivity contribution < 1.29 is 14.4 Å². The fraction of sp³-hybridized carbons (Fsp3) is 0.0870. The number of ether oxygens (including phenoxy) is 2. The highest BCUT2D eigenvalue weighted by Crippen LogP contribution is 2.38. The fourth-order valence-corrected chi connectivity index (χ4v) is 3.31. The Hall–Kier alpha value is -3.93. The zero-order chi connectivity index (χ0) is 20.4. The average Bonchev–Trinajstić information content (AvgIpc) is 2.78. The lowest BCUT2D eigenvalue weighted by molar-refractivity contribution is -0.383. The van der Waals surface area contributed by atoms with E-state index in [4.69, 9.17) is 9.47 Å². The number of fused-ring (bicyclic) bond motifs is 1. The number of non-ortho nitro benzene ring substituents is 1. The number of aromatic nitrogens is 1. The molecule has 4 aromatic rings. The number of nitrogens with zero attached hydrogens (tertiary/aromatic N) is 2. The molecule has 0 spiro atoms. The standard InChI is InChI=1S/C23H18N2O4/c1-28-17-10-8-16(9-11-17)21-14-19(15-6-4-3-5-7-15)20-12-18(29-2)13-22(25(26)27)23(20)24-21/h3-14H,1-2H3. The van der Waals surface area contributed by atoms with Gasteiger partial charge in [0, 0.05) is 10.9 Å². The Kier molecular flexibility index (Phi) is 4.83. The van der Waals surface area contributed by atoms with Crippen molar-refractivity contribution in [3.8, 4) is 33.9 Å². The summed E-state index contributed by atoms with van der Waals surface area (Å²) in [6, 6.07) is 22.3. The number of hydrogen-bond acceptors (Lipinski definition) is 5. The van der Waals surface area contributed by atoms with E-state index in [9.17, 15) is 10.1 Å². The van der Waals surface area contributed by atoms with E-state index in [0.717, 1.165) is 22.4 Å². The highest BCUT2D eigenvalue weighted by atomic mass is 16.6. The summed E-state index contributed by atoms with van der Waals surface area (Å²) < 4.78 is 10.5. The molecule has 3 aromatic carbocycles. The number of methoxy groups -OCH3 is 2. The second kappa shape index (κ2) is 7.59. The van der Waals surface area contributed by atoms with Crippen molar-refractivity contribution in [1.82, 2.24) is 4.98 Å².